The van der Waals surface area contributed by atoms with Crippen LogP contribution in [0.2, 0.25) is 0 Å². The number of aromatic nitrogens is 4. The predicted molar refractivity (Wildman–Crippen MR) is 126 cm³/mol. The Kier molecular flexibility index (Phi) is 4.62. The fourth-order valence-corrected chi connectivity index (χ4v) is 5.47. The van der Waals surface area contributed by atoms with Crippen LogP contribution in [0.4, 0.5) is 5.95 Å². The summed E-state index contributed by atoms with van der Waals surface area (Å²) in [6.07, 6.45) is 1.56. The second-order valence-electron chi connectivity index (χ2n) is 8.94. The molecular weight excluding hydrogens is 420 g/mol. The van der Waals surface area contributed by atoms with Crippen LogP contribution in [0.1, 0.15) is 24.2 Å². The number of benzene rings is 1. The third kappa shape index (κ3) is 3.02. The molecule has 9 nitrogen and oxygen atoms in total. The van der Waals surface area contributed by atoms with Crippen LogP contribution in [0.5, 0.6) is 0 Å². The number of imidazole rings is 1. The van der Waals surface area contributed by atoms with Gasteiger partial charge in [0.15, 0.2) is 5.65 Å². The number of nitrogens with zero attached hydrogens (tertiary/aromatic N) is 5. The van der Waals surface area contributed by atoms with Gasteiger partial charge >= 0.3 is 5.97 Å². The molecule has 0 saturated carbocycles. The molecule has 0 spiro atoms. The minimum Gasteiger partial charge on any atom is -0.462 e. The number of aromatic amines is 1. The van der Waals surface area contributed by atoms with Gasteiger partial charge in [0.1, 0.15) is 11.2 Å². The highest BCUT2D eigenvalue weighted by atomic mass is 16.5. The normalized spacial score (nSPS) is 20.8. The predicted octanol–water partition coefficient (Wildman–Crippen LogP) is 2.29. The molecule has 2 saturated heterocycles. The molecule has 4 aromatic rings. The van der Waals surface area contributed by atoms with Crippen LogP contribution in [0.3, 0.4) is 0 Å². The fourth-order valence-electron chi connectivity index (χ4n) is 5.47. The van der Waals surface area contributed by atoms with Crippen molar-refractivity contribution >= 4 is 39.6 Å². The summed E-state index contributed by atoms with van der Waals surface area (Å²) in [7, 11) is 0. The zero-order chi connectivity index (χ0) is 22.7. The van der Waals surface area contributed by atoms with Crippen molar-refractivity contribution in [3.05, 3.63) is 46.2 Å². The topological polar surface area (TPSA) is 95.8 Å². The maximum absolute atomic E-state index is 13.4. The van der Waals surface area contributed by atoms with E-state index >= 15 is 0 Å². The Bertz CT molecular complexity index is 1440. The van der Waals surface area contributed by atoms with Gasteiger partial charge in [0.05, 0.1) is 23.0 Å². The molecule has 33 heavy (non-hydrogen) atoms. The van der Waals surface area contributed by atoms with Gasteiger partial charge in [0, 0.05) is 32.4 Å². The third-order valence-corrected chi connectivity index (χ3v) is 7.07. The molecule has 2 unspecified atom stereocenters. The molecular formula is C24H26N6O3. The Morgan fingerprint density at radius 3 is 2.64 bits per heavy atom. The van der Waals surface area contributed by atoms with Crippen LogP contribution >= 0.6 is 0 Å². The fraction of sp³-hybridized carbons (Fsp3) is 0.417. The van der Waals surface area contributed by atoms with E-state index < -0.39 is 11.4 Å². The Balaban J connectivity index is 1.54. The number of anilines is 1. The van der Waals surface area contributed by atoms with Gasteiger partial charge in [0.25, 0.3) is 0 Å². The summed E-state index contributed by atoms with van der Waals surface area (Å²) in [6.45, 7) is 9.26. The molecule has 9 heteroatoms. The zero-order valence-corrected chi connectivity index (χ0v) is 18.7. The average Bonchev–Trinajstić information content (AvgIpc) is 3.50. The van der Waals surface area contributed by atoms with E-state index in [-0.39, 0.29) is 12.2 Å². The molecule has 6 rings (SSSR count). The number of rotatable bonds is 4. The number of fused-ring (bicyclic) bond motifs is 6. The van der Waals surface area contributed by atoms with Gasteiger partial charge in [-0.1, -0.05) is 19.1 Å². The molecule has 2 aliphatic heterocycles. The van der Waals surface area contributed by atoms with Crippen LogP contribution in [-0.4, -0.2) is 69.6 Å². The Labute approximate surface area is 190 Å². The first-order chi connectivity index (χ1) is 16.1. The van der Waals surface area contributed by atoms with E-state index in [1.165, 1.54) is 0 Å². The standard InChI is InChI=1S/C24H26N6O3/c1-3-28-10-14-12-29(13-15(14)11-28)24-25-9-16-20(31)19(23(32)33-4-2)22-26-17-7-5-6-8-18(17)30(22)21(16)27-24/h5-9,14-15,26H,3-4,10-13H2,1-2H3. The molecule has 0 aliphatic carbocycles. The van der Waals surface area contributed by atoms with Crippen LogP contribution in [0.25, 0.3) is 27.7 Å². The van der Waals surface area contributed by atoms with E-state index in [1.807, 2.05) is 28.7 Å². The van der Waals surface area contributed by atoms with Crippen molar-refractivity contribution in [1.82, 2.24) is 24.3 Å². The molecule has 1 aromatic carbocycles. The van der Waals surface area contributed by atoms with Gasteiger partial charge in [-0.05, 0) is 37.4 Å². The van der Waals surface area contributed by atoms with Gasteiger partial charge in [-0.3, -0.25) is 9.20 Å². The monoisotopic (exact) mass is 446 g/mol. The molecule has 2 fully saturated rings. The van der Waals surface area contributed by atoms with Crippen molar-refractivity contribution in [2.24, 2.45) is 11.8 Å². The van der Waals surface area contributed by atoms with Crippen molar-refractivity contribution in [2.75, 3.05) is 44.2 Å². The van der Waals surface area contributed by atoms with Gasteiger partial charge in [-0.25, -0.2) is 9.78 Å². The van der Waals surface area contributed by atoms with E-state index in [4.69, 9.17) is 9.72 Å². The summed E-state index contributed by atoms with van der Waals surface area (Å²) < 4.78 is 7.05. The first-order valence-corrected chi connectivity index (χ1v) is 11.6. The summed E-state index contributed by atoms with van der Waals surface area (Å²) >= 11 is 0. The van der Waals surface area contributed by atoms with Crippen LogP contribution in [-0.2, 0) is 4.74 Å². The number of carbonyl (C=O) groups excluding carboxylic acids is 1. The zero-order valence-electron chi connectivity index (χ0n) is 18.7. The average molecular weight is 447 g/mol. The molecule has 0 bridgehead atoms. The first-order valence-electron chi connectivity index (χ1n) is 11.6. The van der Waals surface area contributed by atoms with E-state index in [0.717, 1.165) is 43.8 Å². The van der Waals surface area contributed by atoms with Crippen LogP contribution in [0, 0.1) is 11.8 Å². The van der Waals surface area contributed by atoms with Crippen molar-refractivity contribution in [1.29, 1.82) is 0 Å². The Morgan fingerprint density at radius 2 is 1.91 bits per heavy atom. The number of hydrogen-bond donors (Lipinski definition) is 1. The lowest BCUT2D eigenvalue weighted by Crippen LogP contribution is -2.30. The lowest BCUT2D eigenvalue weighted by molar-refractivity contribution is 0.0527. The van der Waals surface area contributed by atoms with Crippen molar-refractivity contribution in [3.8, 4) is 0 Å². The number of ether oxygens (including phenoxy) is 1. The molecule has 3 aromatic heterocycles. The number of likely N-dealkylation sites (tertiary alicyclic amines) is 1. The molecule has 0 radical (unpaired) electrons. The molecule has 1 N–H and O–H groups in total. The number of nitrogens with one attached hydrogen (secondary N) is 1. The highest BCUT2D eigenvalue weighted by Gasteiger charge is 2.40. The highest BCUT2D eigenvalue weighted by molar-refractivity contribution is 6.02. The number of H-pyrrole nitrogens is 1. The minimum absolute atomic E-state index is 0.0211. The second-order valence-corrected chi connectivity index (χ2v) is 8.94. The van der Waals surface area contributed by atoms with Gasteiger partial charge in [-0.2, -0.15) is 4.98 Å². The van der Waals surface area contributed by atoms with E-state index in [2.05, 4.69) is 26.7 Å². The quantitative estimate of drug-likeness (QED) is 0.481. The SMILES string of the molecule is CCOC(=O)c1c(=O)c2cnc(N3CC4CN(CC)CC4C3)nc2n2c1[nH]c1ccccc12. The Morgan fingerprint density at radius 1 is 1.15 bits per heavy atom. The molecule has 170 valence electrons. The maximum atomic E-state index is 13.4. The lowest BCUT2D eigenvalue weighted by Gasteiger charge is -2.20. The maximum Gasteiger partial charge on any atom is 0.345 e. The lowest BCUT2D eigenvalue weighted by atomic mass is 10.0. The van der Waals surface area contributed by atoms with Gasteiger partial charge in [0.2, 0.25) is 11.4 Å². The van der Waals surface area contributed by atoms with Crippen molar-refractivity contribution < 1.29 is 9.53 Å². The van der Waals surface area contributed by atoms with E-state index in [9.17, 15) is 9.59 Å². The first kappa shape index (κ1) is 20.2. The summed E-state index contributed by atoms with van der Waals surface area (Å²) in [5.74, 6) is 1.21. The summed E-state index contributed by atoms with van der Waals surface area (Å²) in [5, 5.41) is 0.306. The van der Waals surface area contributed by atoms with E-state index in [1.54, 1.807) is 13.1 Å². The summed E-state index contributed by atoms with van der Waals surface area (Å²) in [6, 6.07) is 7.69. The van der Waals surface area contributed by atoms with Gasteiger partial charge < -0.3 is 19.5 Å². The number of para-hydroxylation sites is 2. The van der Waals surface area contributed by atoms with Crippen molar-refractivity contribution in [2.45, 2.75) is 13.8 Å². The highest BCUT2D eigenvalue weighted by Crippen LogP contribution is 2.33. The second kappa shape index (κ2) is 7.55. The minimum atomic E-state index is -0.648. The van der Waals surface area contributed by atoms with Crippen molar-refractivity contribution in [3.63, 3.8) is 0 Å². The van der Waals surface area contributed by atoms with Crippen LogP contribution in [0.15, 0.2) is 35.3 Å². The largest absolute Gasteiger partial charge is 0.462 e. The number of carbonyl (C=O) groups is 1. The molecule has 5 heterocycles. The number of hydrogen-bond acceptors (Lipinski definition) is 7. The molecule has 2 aliphatic rings. The van der Waals surface area contributed by atoms with Gasteiger partial charge in [-0.15, -0.1) is 0 Å². The number of esters is 1. The summed E-state index contributed by atoms with van der Waals surface area (Å²) in [5.41, 5.74) is 2.10. The molecule has 2 atom stereocenters. The Hall–Kier alpha value is -3.46. The summed E-state index contributed by atoms with van der Waals surface area (Å²) in [4.78, 5) is 43.5. The van der Waals surface area contributed by atoms with E-state index in [0.29, 0.717) is 34.5 Å². The smallest absolute Gasteiger partial charge is 0.345 e. The third-order valence-electron chi connectivity index (χ3n) is 7.07. The molecule has 0 amide bonds. The van der Waals surface area contributed by atoms with Crippen LogP contribution < -0.4 is 10.3 Å². The number of pyridine rings is 1.